The van der Waals surface area contributed by atoms with Crippen LogP contribution >= 0.6 is 0 Å². The predicted molar refractivity (Wildman–Crippen MR) is 68.8 cm³/mol. The highest BCUT2D eigenvalue weighted by Crippen LogP contribution is 2.21. The van der Waals surface area contributed by atoms with Crippen molar-refractivity contribution in [2.24, 2.45) is 5.92 Å². The summed E-state index contributed by atoms with van der Waals surface area (Å²) >= 11 is 0. The van der Waals surface area contributed by atoms with Gasteiger partial charge >= 0.3 is 0 Å². The molecule has 1 saturated heterocycles. The molecule has 0 aromatic rings. The maximum atomic E-state index is 6.25. The Kier molecular flexibility index (Phi) is 7.01. The summed E-state index contributed by atoms with van der Waals surface area (Å²) in [5.41, 5.74) is 0. The Morgan fingerprint density at radius 1 is 1.38 bits per heavy atom. The van der Waals surface area contributed by atoms with Crippen molar-refractivity contribution in [2.75, 3.05) is 26.7 Å². The number of nitrogens with one attached hydrogen (secondary N) is 2. The molecule has 0 amide bonds. The van der Waals surface area contributed by atoms with Crippen LogP contribution in [-0.4, -0.2) is 38.9 Å². The first-order valence-electron chi connectivity index (χ1n) is 6.82. The molecule has 0 aliphatic carbocycles. The molecule has 0 spiro atoms. The van der Waals surface area contributed by atoms with E-state index in [9.17, 15) is 0 Å². The molecular formula is C13H28N2O. The minimum absolute atomic E-state index is 0.437. The standard InChI is InChI=1S/C13H28N2O/c1-4-11(5-2)13(7-8-14-3)16-12-6-9-15-10-12/h11-15H,4-10H2,1-3H3. The molecule has 1 rings (SSSR count). The van der Waals surface area contributed by atoms with E-state index in [4.69, 9.17) is 4.74 Å². The van der Waals surface area contributed by atoms with Gasteiger partial charge < -0.3 is 15.4 Å². The maximum Gasteiger partial charge on any atom is 0.0715 e. The van der Waals surface area contributed by atoms with Crippen molar-refractivity contribution >= 4 is 0 Å². The van der Waals surface area contributed by atoms with Crippen LogP contribution in [0.2, 0.25) is 0 Å². The molecule has 0 bridgehead atoms. The van der Waals surface area contributed by atoms with Crippen molar-refractivity contribution in [2.45, 2.75) is 51.7 Å². The lowest BCUT2D eigenvalue weighted by molar-refractivity contribution is -0.0393. The molecule has 2 unspecified atom stereocenters. The van der Waals surface area contributed by atoms with Gasteiger partial charge in [-0.05, 0) is 38.9 Å². The Morgan fingerprint density at radius 2 is 2.12 bits per heavy atom. The van der Waals surface area contributed by atoms with Crippen LogP contribution < -0.4 is 10.6 Å². The number of hydrogen-bond donors (Lipinski definition) is 2. The van der Waals surface area contributed by atoms with Crippen molar-refractivity contribution in [3.63, 3.8) is 0 Å². The fourth-order valence-electron chi connectivity index (χ4n) is 2.51. The summed E-state index contributed by atoms with van der Waals surface area (Å²) in [7, 11) is 2.01. The fourth-order valence-corrected chi connectivity index (χ4v) is 2.51. The highest BCUT2D eigenvalue weighted by molar-refractivity contribution is 4.76. The van der Waals surface area contributed by atoms with E-state index in [2.05, 4.69) is 24.5 Å². The van der Waals surface area contributed by atoms with Crippen LogP contribution in [0.1, 0.15) is 39.5 Å². The Hall–Kier alpha value is -0.120. The Balaban J connectivity index is 2.40. The quantitative estimate of drug-likeness (QED) is 0.664. The Morgan fingerprint density at radius 3 is 2.62 bits per heavy atom. The molecule has 2 N–H and O–H groups in total. The molecule has 0 saturated carbocycles. The summed E-state index contributed by atoms with van der Waals surface area (Å²) in [6.45, 7) is 7.76. The van der Waals surface area contributed by atoms with Crippen molar-refractivity contribution < 1.29 is 4.74 Å². The summed E-state index contributed by atoms with van der Waals surface area (Å²) in [6, 6.07) is 0. The lowest BCUT2D eigenvalue weighted by atomic mass is 9.94. The molecule has 16 heavy (non-hydrogen) atoms. The second kappa shape index (κ2) is 8.04. The van der Waals surface area contributed by atoms with Crippen LogP contribution in [0, 0.1) is 5.92 Å². The normalized spacial score (nSPS) is 22.9. The molecule has 1 heterocycles. The van der Waals surface area contributed by atoms with Crippen LogP contribution in [0.25, 0.3) is 0 Å². The Labute approximate surface area is 100 Å². The molecule has 1 aliphatic rings. The first-order valence-corrected chi connectivity index (χ1v) is 6.82. The lowest BCUT2D eigenvalue weighted by Gasteiger charge is -2.28. The minimum atomic E-state index is 0.437. The van der Waals surface area contributed by atoms with Gasteiger partial charge in [-0.3, -0.25) is 0 Å². The van der Waals surface area contributed by atoms with Gasteiger partial charge in [0.25, 0.3) is 0 Å². The van der Waals surface area contributed by atoms with Gasteiger partial charge in [-0.15, -0.1) is 0 Å². The average molecular weight is 228 g/mol. The highest BCUT2D eigenvalue weighted by atomic mass is 16.5. The average Bonchev–Trinajstić information content (AvgIpc) is 2.80. The van der Waals surface area contributed by atoms with Crippen LogP contribution in [0.3, 0.4) is 0 Å². The Bertz CT molecular complexity index is 165. The van der Waals surface area contributed by atoms with Crippen LogP contribution in [-0.2, 0) is 4.74 Å². The smallest absolute Gasteiger partial charge is 0.0715 e. The molecule has 0 radical (unpaired) electrons. The monoisotopic (exact) mass is 228 g/mol. The molecule has 3 heteroatoms. The first-order chi connectivity index (χ1) is 7.81. The van der Waals surface area contributed by atoms with E-state index in [0.717, 1.165) is 26.1 Å². The molecule has 0 aromatic heterocycles. The molecule has 0 aromatic carbocycles. The third-order valence-electron chi connectivity index (χ3n) is 3.64. The topological polar surface area (TPSA) is 33.3 Å². The van der Waals surface area contributed by atoms with E-state index in [1.165, 1.54) is 19.3 Å². The van der Waals surface area contributed by atoms with Gasteiger partial charge in [0.05, 0.1) is 12.2 Å². The van der Waals surface area contributed by atoms with E-state index in [0.29, 0.717) is 18.1 Å². The fraction of sp³-hybridized carbons (Fsp3) is 1.00. The van der Waals surface area contributed by atoms with Gasteiger partial charge in [0.15, 0.2) is 0 Å². The zero-order chi connectivity index (χ0) is 11.8. The van der Waals surface area contributed by atoms with Crippen molar-refractivity contribution in [1.29, 1.82) is 0 Å². The third kappa shape index (κ3) is 4.40. The largest absolute Gasteiger partial charge is 0.373 e. The summed E-state index contributed by atoms with van der Waals surface area (Å²) < 4.78 is 6.25. The molecular weight excluding hydrogens is 200 g/mol. The summed E-state index contributed by atoms with van der Waals surface area (Å²) in [5.74, 6) is 0.717. The molecule has 3 nitrogen and oxygen atoms in total. The summed E-state index contributed by atoms with van der Waals surface area (Å²) in [5, 5.41) is 6.60. The zero-order valence-electron chi connectivity index (χ0n) is 11.1. The molecule has 96 valence electrons. The van der Waals surface area contributed by atoms with Gasteiger partial charge in [0, 0.05) is 6.54 Å². The van der Waals surface area contributed by atoms with E-state index >= 15 is 0 Å². The molecule has 2 atom stereocenters. The second-order valence-corrected chi connectivity index (χ2v) is 4.76. The van der Waals surface area contributed by atoms with Crippen LogP contribution in [0.15, 0.2) is 0 Å². The number of rotatable bonds is 8. The number of hydrogen-bond acceptors (Lipinski definition) is 3. The van der Waals surface area contributed by atoms with Gasteiger partial charge in [-0.2, -0.15) is 0 Å². The van der Waals surface area contributed by atoms with E-state index in [1.54, 1.807) is 0 Å². The van der Waals surface area contributed by atoms with E-state index in [1.807, 2.05) is 7.05 Å². The molecule has 1 aliphatic heterocycles. The zero-order valence-corrected chi connectivity index (χ0v) is 11.1. The van der Waals surface area contributed by atoms with Gasteiger partial charge in [-0.25, -0.2) is 0 Å². The minimum Gasteiger partial charge on any atom is -0.373 e. The van der Waals surface area contributed by atoms with Crippen molar-refractivity contribution in [3.05, 3.63) is 0 Å². The maximum absolute atomic E-state index is 6.25. The predicted octanol–water partition coefficient (Wildman–Crippen LogP) is 1.78. The van der Waals surface area contributed by atoms with E-state index < -0.39 is 0 Å². The van der Waals surface area contributed by atoms with Gasteiger partial charge in [0.2, 0.25) is 0 Å². The van der Waals surface area contributed by atoms with Gasteiger partial charge in [-0.1, -0.05) is 26.7 Å². The van der Waals surface area contributed by atoms with E-state index in [-0.39, 0.29) is 0 Å². The van der Waals surface area contributed by atoms with Crippen LogP contribution in [0.4, 0.5) is 0 Å². The van der Waals surface area contributed by atoms with Crippen molar-refractivity contribution in [1.82, 2.24) is 10.6 Å². The first kappa shape index (κ1) is 13.9. The number of ether oxygens (including phenoxy) is 1. The lowest BCUT2D eigenvalue weighted by Crippen LogP contribution is -2.32. The highest BCUT2D eigenvalue weighted by Gasteiger charge is 2.24. The van der Waals surface area contributed by atoms with Crippen LogP contribution in [0.5, 0.6) is 0 Å². The SMILES string of the molecule is CCC(CC)C(CCNC)OC1CCNC1. The third-order valence-corrected chi connectivity index (χ3v) is 3.64. The van der Waals surface area contributed by atoms with Crippen molar-refractivity contribution in [3.8, 4) is 0 Å². The summed E-state index contributed by atoms with van der Waals surface area (Å²) in [4.78, 5) is 0. The molecule has 1 fully saturated rings. The summed E-state index contributed by atoms with van der Waals surface area (Å²) in [6.07, 6.45) is 5.65. The van der Waals surface area contributed by atoms with Gasteiger partial charge in [0.1, 0.15) is 0 Å². The second-order valence-electron chi connectivity index (χ2n) is 4.76.